The molecule has 27 heavy (non-hydrogen) atoms. The molecule has 0 saturated heterocycles. The van der Waals surface area contributed by atoms with Crippen molar-refractivity contribution in [2.24, 2.45) is 0 Å². The van der Waals surface area contributed by atoms with Crippen LogP contribution in [0, 0.1) is 11.3 Å². The zero-order valence-corrected chi connectivity index (χ0v) is 17.2. The Morgan fingerprint density at radius 3 is 2.48 bits per heavy atom. The monoisotopic (exact) mass is 448 g/mol. The van der Waals surface area contributed by atoms with Crippen molar-refractivity contribution < 1.29 is 14.3 Å². The first-order valence-electron chi connectivity index (χ1n) is 8.26. The van der Waals surface area contributed by atoms with Gasteiger partial charge >= 0.3 is 0 Å². The van der Waals surface area contributed by atoms with Crippen LogP contribution in [0.5, 0.6) is 11.5 Å². The fourth-order valence-corrected chi connectivity index (χ4v) is 2.89. The van der Waals surface area contributed by atoms with E-state index in [1.807, 2.05) is 19.9 Å². The third-order valence-electron chi connectivity index (χ3n) is 3.41. The fourth-order valence-electron chi connectivity index (χ4n) is 2.27. The molecule has 0 unspecified atom stereocenters. The summed E-state index contributed by atoms with van der Waals surface area (Å²) >= 11 is 9.36. The Kier molecular flexibility index (Phi) is 7.71. The van der Waals surface area contributed by atoms with Crippen LogP contribution in [0.15, 0.2) is 46.4 Å². The van der Waals surface area contributed by atoms with Crippen molar-refractivity contribution in [1.29, 1.82) is 5.26 Å². The first-order chi connectivity index (χ1) is 13.0. The summed E-state index contributed by atoms with van der Waals surface area (Å²) in [5.74, 6) is 0.602. The van der Waals surface area contributed by atoms with Crippen LogP contribution in [-0.2, 0) is 4.79 Å². The van der Waals surface area contributed by atoms with Gasteiger partial charge in [0.15, 0.2) is 11.5 Å². The molecule has 2 aromatic carbocycles. The largest absolute Gasteiger partial charge is 0.490 e. The number of hydrogen-bond acceptors (Lipinski definition) is 4. The van der Waals surface area contributed by atoms with E-state index in [-0.39, 0.29) is 5.57 Å². The molecule has 0 aliphatic rings. The van der Waals surface area contributed by atoms with Crippen molar-refractivity contribution in [1.82, 2.24) is 0 Å². The molecule has 0 bridgehead atoms. The molecule has 0 aliphatic carbocycles. The number of amides is 1. The Bertz CT molecular complexity index is 907. The molecule has 0 saturated carbocycles. The van der Waals surface area contributed by atoms with Gasteiger partial charge in [-0.2, -0.15) is 5.26 Å². The van der Waals surface area contributed by atoms with Gasteiger partial charge in [-0.15, -0.1) is 0 Å². The molecule has 2 aromatic rings. The number of nitrogens with zero attached hydrogens (tertiary/aromatic N) is 1. The maximum Gasteiger partial charge on any atom is 0.266 e. The highest BCUT2D eigenvalue weighted by Gasteiger charge is 2.14. The second-order valence-electron chi connectivity index (χ2n) is 5.32. The van der Waals surface area contributed by atoms with E-state index in [1.54, 1.807) is 36.4 Å². The minimum Gasteiger partial charge on any atom is -0.490 e. The minimum atomic E-state index is -0.529. The second-order valence-corrected chi connectivity index (χ2v) is 6.61. The summed E-state index contributed by atoms with van der Waals surface area (Å²) in [5, 5.41) is 12.6. The van der Waals surface area contributed by atoms with Gasteiger partial charge in [-0.05, 0) is 55.8 Å². The van der Waals surface area contributed by atoms with Gasteiger partial charge in [0.1, 0.15) is 11.6 Å². The van der Waals surface area contributed by atoms with E-state index in [1.165, 1.54) is 6.08 Å². The normalized spacial score (nSPS) is 10.9. The third-order valence-corrected chi connectivity index (χ3v) is 4.33. The maximum absolute atomic E-state index is 12.4. The average Bonchev–Trinajstić information content (AvgIpc) is 2.63. The van der Waals surface area contributed by atoms with Crippen molar-refractivity contribution in [2.45, 2.75) is 13.8 Å². The van der Waals surface area contributed by atoms with Gasteiger partial charge < -0.3 is 14.8 Å². The Morgan fingerprint density at radius 1 is 1.22 bits per heavy atom. The van der Waals surface area contributed by atoms with E-state index >= 15 is 0 Å². The van der Waals surface area contributed by atoms with Crippen LogP contribution in [0.3, 0.4) is 0 Å². The van der Waals surface area contributed by atoms with Gasteiger partial charge in [0.05, 0.1) is 13.2 Å². The Morgan fingerprint density at radius 2 is 1.89 bits per heavy atom. The summed E-state index contributed by atoms with van der Waals surface area (Å²) in [5.41, 5.74) is 1.08. The Balaban J connectivity index is 2.34. The van der Waals surface area contributed by atoms with Crippen LogP contribution in [0.4, 0.5) is 5.69 Å². The highest BCUT2D eigenvalue weighted by atomic mass is 79.9. The number of nitriles is 1. The molecule has 1 N–H and O–H groups in total. The number of nitrogens with one attached hydrogen (secondary N) is 1. The molecule has 0 heterocycles. The number of rotatable bonds is 7. The summed E-state index contributed by atoms with van der Waals surface area (Å²) in [4.78, 5) is 12.4. The van der Waals surface area contributed by atoms with Gasteiger partial charge in [0.2, 0.25) is 0 Å². The number of benzene rings is 2. The number of hydrogen-bond donors (Lipinski definition) is 1. The summed E-state index contributed by atoms with van der Waals surface area (Å²) < 4.78 is 11.8. The molecule has 0 spiro atoms. The predicted molar refractivity (Wildman–Crippen MR) is 110 cm³/mol. The van der Waals surface area contributed by atoms with Crippen LogP contribution in [0.1, 0.15) is 19.4 Å². The smallest absolute Gasteiger partial charge is 0.266 e. The molecule has 7 heteroatoms. The van der Waals surface area contributed by atoms with Crippen molar-refractivity contribution >= 4 is 45.2 Å². The highest BCUT2D eigenvalue weighted by molar-refractivity contribution is 9.10. The first-order valence-corrected chi connectivity index (χ1v) is 9.43. The number of halogens is 2. The van der Waals surface area contributed by atoms with Crippen molar-refractivity contribution in [3.05, 3.63) is 57.0 Å². The zero-order chi connectivity index (χ0) is 19.8. The zero-order valence-electron chi connectivity index (χ0n) is 14.9. The highest BCUT2D eigenvalue weighted by Crippen LogP contribution is 2.35. The molecular formula is C20H18BrClN2O3. The van der Waals surface area contributed by atoms with E-state index in [4.69, 9.17) is 21.1 Å². The van der Waals surface area contributed by atoms with E-state index in [9.17, 15) is 10.1 Å². The molecule has 5 nitrogen and oxygen atoms in total. The lowest BCUT2D eigenvalue weighted by Crippen LogP contribution is -2.13. The van der Waals surface area contributed by atoms with Gasteiger partial charge in [0, 0.05) is 15.2 Å². The molecule has 0 fully saturated rings. The number of carbonyl (C=O) groups is 1. The standard InChI is InChI=1S/C20H18BrClN2O3/c1-3-26-18-9-13(17(21)11-19(18)27-4-2)8-14(12-23)20(25)24-16-7-5-6-15(22)10-16/h5-11H,3-4H2,1-2H3,(H,24,25). The topological polar surface area (TPSA) is 71.3 Å². The summed E-state index contributed by atoms with van der Waals surface area (Å²) in [6, 6.07) is 12.1. The minimum absolute atomic E-state index is 0.0534. The third kappa shape index (κ3) is 5.75. The Labute approximate surface area is 171 Å². The number of ether oxygens (including phenoxy) is 2. The van der Waals surface area contributed by atoms with Crippen molar-refractivity contribution in [2.75, 3.05) is 18.5 Å². The molecule has 1 amide bonds. The van der Waals surface area contributed by atoms with Crippen LogP contribution in [0.2, 0.25) is 5.02 Å². The van der Waals surface area contributed by atoms with Crippen molar-refractivity contribution in [3.63, 3.8) is 0 Å². The quantitative estimate of drug-likeness (QED) is 0.451. The fraction of sp³-hybridized carbons (Fsp3) is 0.200. The van der Waals surface area contributed by atoms with Crippen LogP contribution >= 0.6 is 27.5 Å². The van der Waals surface area contributed by atoms with Crippen LogP contribution in [-0.4, -0.2) is 19.1 Å². The summed E-state index contributed by atoms with van der Waals surface area (Å²) in [6.07, 6.45) is 1.49. The molecule has 0 aliphatic heterocycles. The summed E-state index contributed by atoms with van der Waals surface area (Å²) in [7, 11) is 0. The maximum atomic E-state index is 12.4. The molecule has 140 valence electrons. The lowest BCUT2D eigenvalue weighted by molar-refractivity contribution is -0.112. The van der Waals surface area contributed by atoms with Crippen molar-refractivity contribution in [3.8, 4) is 17.6 Å². The van der Waals surface area contributed by atoms with E-state index in [0.29, 0.717) is 45.5 Å². The molecule has 0 aromatic heterocycles. The summed E-state index contributed by atoms with van der Waals surface area (Å²) in [6.45, 7) is 4.70. The van der Waals surface area contributed by atoms with Gasteiger partial charge in [-0.3, -0.25) is 4.79 Å². The van der Waals surface area contributed by atoms with E-state index in [2.05, 4.69) is 21.2 Å². The van der Waals surface area contributed by atoms with Gasteiger partial charge in [0.25, 0.3) is 5.91 Å². The average molecular weight is 450 g/mol. The second kappa shape index (κ2) is 10.0. The van der Waals surface area contributed by atoms with Crippen LogP contribution < -0.4 is 14.8 Å². The lowest BCUT2D eigenvalue weighted by Gasteiger charge is -2.13. The van der Waals surface area contributed by atoms with E-state index in [0.717, 1.165) is 0 Å². The first kappa shape index (κ1) is 20.8. The molecular weight excluding hydrogens is 432 g/mol. The van der Waals surface area contributed by atoms with E-state index < -0.39 is 5.91 Å². The number of anilines is 1. The molecule has 0 atom stereocenters. The predicted octanol–water partition coefficient (Wildman–Crippen LogP) is 5.45. The van der Waals surface area contributed by atoms with Gasteiger partial charge in [-0.1, -0.05) is 33.6 Å². The molecule has 2 rings (SSSR count). The molecule has 0 radical (unpaired) electrons. The number of carbonyl (C=O) groups excluding carboxylic acids is 1. The lowest BCUT2D eigenvalue weighted by atomic mass is 10.1. The Hall–Kier alpha value is -2.49. The SMILES string of the molecule is CCOc1cc(Br)c(C=C(C#N)C(=O)Nc2cccc(Cl)c2)cc1OCC. The van der Waals surface area contributed by atoms with Gasteiger partial charge in [-0.25, -0.2) is 0 Å². The van der Waals surface area contributed by atoms with Crippen LogP contribution in [0.25, 0.3) is 6.08 Å².